The topological polar surface area (TPSA) is 77.8 Å². The van der Waals surface area contributed by atoms with Crippen LogP contribution in [-0.4, -0.2) is 19.9 Å². The molecule has 0 bridgehead atoms. The van der Waals surface area contributed by atoms with Crippen LogP contribution in [0.1, 0.15) is 22.3 Å². The monoisotopic (exact) mass is 656 g/mol. The molecule has 240 valence electrons. The van der Waals surface area contributed by atoms with E-state index in [2.05, 4.69) is 141 Å². The van der Waals surface area contributed by atoms with Crippen LogP contribution in [0.5, 0.6) is 0 Å². The molecule has 0 N–H and O–H groups in total. The first kappa shape index (κ1) is 29.0. The molecule has 0 spiro atoms. The highest BCUT2D eigenvalue weighted by molar-refractivity contribution is 6.10. The molecule has 9 aromatic rings. The molecule has 0 saturated heterocycles. The molecule has 51 heavy (non-hydrogen) atoms. The van der Waals surface area contributed by atoms with Crippen molar-refractivity contribution in [2.45, 2.75) is 5.41 Å². The van der Waals surface area contributed by atoms with Crippen LogP contribution >= 0.6 is 0 Å². The molecular formula is C45H28N4O2. The smallest absolute Gasteiger partial charge is 0.227 e. The molecule has 1 aliphatic carbocycles. The molecular weight excluding hydrogens is 629 g/mol. The van der Waals surface area contributed by atoms with Gasteiger partial charge in [0.1, 0.15) is 12.5 Å². The van der Waals surface area contributed by atoms with E-state index in [9.17, 15) is 0 Å². The molecule has 0 fully saturated rings. The highest BCUT2D eigenvalue weighted by atomic mass is 16.3. The second-order valence-corrected chi connectivity index (χ2v) is 12.7. The first-order valence-electron chi connectivity index (χ1n) is 16.8. The van der Waals surface area contributed by atoms with E-state index in [4.69, 9.17) is 8.83 Å². The first-order chi connectivity index (χ1) is 25.3. The van der Waals surface area contributed by atoms with Gasteiger partial charge in [-0.15, -0.1) is 0 Å². The number of benzene rings is 5. The Hall–Kier alpha value is -6.92. The lowest BCUT2D eigenvalue weighted by Gasteiger charge is -2.34. The maximum absolute atomic E-state index is 5.67. The minimum absolute atomic E-state index is 0.541. The summed E-state index contributed by atoms with van der Waals surface area (Å²) in [6, 6.07) is 43.9. The van der Waals surface area contributed by atoms with E-state index in [0.29, 0.717) is 11.8 Å². The van der Waals surface area contributed by atoms with Gasteiger partial charge in [-0.05, 0) is 79.5 Å². The largest absolute Gasteiger partial charge is 0.444 e. The summed E-state index contributed by atoms with van der Waals surface area (Å²) in [5, 5.41) is 2.33. The quantitative estimate of drug-likeness (QED) is 0.177. The van der Waals surface area contributed by atoms with E-state index in [1.807, 2.05) is 12.4 Å². The number of oxazole rings is 2. The molecule has 4 aromatic heterocycles. The SMILES string of the molecule is c1ccc(C2(c3ccccc3)c3cc(-c4cncc(-c5ncco5)c4)ccc3-c3c2cc(-c2cncc(-c4ncco4)c2)c2ccccc32)cc1. The van der Waals surface area contributed by atoms with Gasteiger partial charge in [-0.1, -0.05) is 97.1 Å². The molecule has 0 amide bonds. The van der Waals surface area contributed by atoms with Gasteiger partial charge >= 0.3 is 0 Å². The van der Waals surface area contributed by atoms with Crippen LogP contribution in [0.3, 0.4) is 0 Å². The van der Waals surface area contributed by atoms with Gasteiger partial charge in [0.2, 0.25) is 11.8 Å². The van der Waals surface area contributed by atoms with Gasteiger partial charge in [-0.3, -0.25) is 9.97 Å². The zero-order valence-electron chi connectivity index (χ0n) is 27.3. The van der Waals surface area contributed by atoms with Crippen molar-refractivity contribution in [1.29, 1.82) is 0 Å². The molecule has 0 unspecified atom stereocenters. The zero-order chi connectivity index (χ0) is 33.8. The Morgan fingerprint density at radius 2 is 1.00 bits per heavy atom. The minimum Gasteiger partial charge on any atom is -0.444 e. The van der Waals surface area contributed by atoms with Crippen LogP contribution < -0.4 is 0 Å². The summed E-state index contributed by atoms with van der Waals surface area (Å²) in [7, 11) is 0. The predicted molar refractivity (Wildman–Crippen MR) is 199 cm³/mol. The van der Waals surface area contributed by atoms with Gasteiger partial charge < -0.3 is 8.83 Å². The average molecular weight is 657 g/mol. The second kappa shape index (κ2) is 11.6. The lowest BCUT2D eigenvalue weighted by Crippen LogP contribution is -2.28. The Bertz CT molecular complexity index is 2650. The summed E-state index contributed by atoms with van der Waals surface area (Å²) in [5.41, 5.74) is 12.4. The number of pyridine rings is 2. The van der Waals surface area contributed by atoms with E-state index in [1.54, 1.807) is 37.3 Å². The Kier molecular flexibility index (Phi) is 6.61. The molecule has 0 radical (unpaired) electrons. The van der Waals surface area contributed by atoms with E-state index < -0.39 is 5.41 Å². The van der Waals surface area contributed by atoms with Gasteiger partial charge in [0, 0.05) is 35.9 Å². The Labute approximate surface area is 293 Å². The molecule has 0 atom stereocenters. The maximum atomic E-state index is 5.67. The summed E-state index contributed by atoms with van der Waals surface area (Å²) >= 11 is 0. The summed E-state index contributed by atoms with van der Waals surface area (Å²) in [4.78, 5) is 18.0. The molecule has 4 heterocycles. The van der Waals surface area contributed by atoms with E-state index in [0.717, 1.165) is 38.8 Å². The summed E-state index contributed by atoms with van der Waals surface area (Å²) < 4.78 is 11.3. The highest BCUT2D eigenvalue weighted by Gasteiger charge is 2.47. The Morgan fingerprint density at radius 3 is 1.63 bits per heavy atom. The molecule has 10 rings (SSSR count). The number of aromatic nitrogens is 4. The minimum atomic E-state index is -0.636. The Morgan fingerprint density at radius 1 is 0.431 bits per heavy atom. The van der Waals surface area contributed by atoms with Gasteiger partial charge in [0.05, 0.1) is 28.9 Å². The number of fused-ring (bicyclic) bond motifs is 5. The van der Waals surface area contributed by atoms with Crippen LogP contribution in [0.4, 0.5) is 0 Å². The van der Waals surface area contributed by atoms with Crippen molar-refractivity contribution in [2.75, 3.05) is 0 Å². The number of rotatable bonds is 6. The lowest BCUT2D eigenvalue weighted by molar-refractivity contribution is 0.574. The maximum Gasteiger partial charge on any atom is 0.227 e. The number of nitrogens with zero attached hydrogens (tertiary/aromatic N) is 4. The van der Waals surface area contributed by atoms with Crippen molar-refractivity contribution in [2.24, 2.45) is 0 Å². The van der Waals surface area contributed by atoms with Crippen molar-refractivity contribution in [3.63, 3.8) is 0 Å². The normalized spacial score (nSPS) is 12.9. The third-order valence-electron chi connectivity index (χ3n) is 10.0. The predicted octanol–water partition coefficient (Wildman–Crippen LogP) is 10.6. The van der Waals surface area contributed by atoms with Crippen LogP contribution in [0, 0.1) is 0 Å². The second-order valence-electron chi connectivity index (χ2n) is 12.7. The molecule has 1 aliphatic rings. The van der Waals surface area contributed by atoms with Crippen LogP contribution in [0.2, 0.25) is 0 Å². The van der Waals surface area contributed by atoms with Gasteiger partial charge in [-0.25, -0.2) is 9.97 Å². The molecule has 6 nitrogen and oxygen atoms in total. The average Bonchev–Trinajstić information content (AvgIpc) is 4.00. The van der Waals surface area contributed by atoms with Crippen LogP contribution in [-0.2, 0) is 5.41 Å². The van der Waals surface area contributed by atoms with Crippen molar-refractivity contribution < 1.29 is 8.83 Å². The summed E-state index contributed by atoms with van der Waals surface area (Å²) in [6.07, 6.45) is 13.9. The third kappa shape index (κ3) is 4.50. The van der Waals surface area contributed by atoms with E-state index in [-0.39, 0.29) is 0 Å². The van der Waals surface area contributed by atoms with Crippen molar-refractivity contribution in [1.82, 2.24) is 19.9 Å². The molecule has 5 aromatic carbocycles. The van der Waals surface area contributed by atoms with Crippen molar-refractivity contribution >= 4 is 10.8 Å². The van der Waals surface area contributed by atoms with Gasteiger partial charge in [-0.2, -0.15) is 0 Å². The fourth-order valence-corrected chi connectivity index (χ4v) is 7.91. The molecule has 0 saturated carbocycles. The highest BCUT2D eigenvalue weighted by Crippen LogP contribution is 2.59. The fourth-order valence-electron chi connectivity index (χ4n) is 7.91. The van der Waals surface area contributed by atoms with Crippen LogP contribution in [0.15, 0.2) is 180 Å². The van der Waals surface area contributed by atoms with Crippen molar-refractivity contribution in [3.05, 3.63) is 193 Å². The van der Waals surface area contributed by atoms with Crippen LogP contribution in [0.25, 0.3) is 67.1 Å². The van der Waals surface area contributed by atoms with Gasteiger partial charge in [0.15, 0.2) is 0 Å². The summed E-state index contributed by atoms with van der Waals surface area (Å²) in [5.74, 6) is 1.08. The third-order valence-corrected chi connectivity index (χ3v) is 10.0. The van der Waals surface area contributed by atoms with E-state index in [1.165, 1.54) is 38.8 Å². The summed E-state index contributed by atoms with van der Waals surface area (Å²) in [6.45, 7) is 0. The standard InChI is InChI=1S/C45H28N4O2/c1-3-9-34(10-4-1)45(35-11-5-2-6-12-35)40-23-29(30-21-32(27-46-25-30)43-48-17-19-50-43)15-16-38(40)42-37-14-8-7-13-36(37)39(24-41(42)45)31-22-33(28-47-26-31)44-49-18-20-51-44/h1-28H. The number of hydrogen-bond acceptors (Lipinski definition) is 6. The lowest BCUT2D eigenvalue weighted by atomic mass is 9.67. The van der Waals surface area contributed by atoms with E-state index >= 15 is 0 Å². The fraction of sp³-hybridized carbons (Fsp3) is 0.0222. The Balaban J connectivity index is 1.29. The molecule has 6 heteroatoms. The van der Waals surface area contributed by atoms with Crippen molar-refractivity contribution in [3.8, 4) is 56.3 Å². The zero-order valence-corrected chi connectivity index (χ0v) is 27.3. The molecule has 0 aliphatic heterocycles. The number of hydrogen-bond donors (Lipinski definition) is 0. The van der Waals surface area contributed by atoms with Gasteiger partial charge in [0.25, 0.3) is 0 Å². The first-order valence-corrected chi connectivity index (χ1v) is 16.8.